The second kappa shape index (κ2) is 9.70. The maximum atomic E-state index is 7.16. The van der Waals surface area contributed by atoms with Gasteiger partial charge in [0.2, 0.25) is 0 Å². The third-order valence-corrected chi connectivity index (χ3v) is 10.7. The molecule has 0 bridgehead atoms. The first-order valence-electron chi connectivity index (χ1n) is 13.9. The van der Waals surface area contributed by atoms with Crippen molar-refractivity contribution in [2.45, 2.75) is 64.8 Å². The molecule has 1 aliphatic carbocycles. The first kappa shape index (κ1) is 26.7. The van der Waals surface area contributed by atoms with Gasteiger partial charge in [0.05, 0.1) is 20.3 Å². The minimum absolute atomic E-state index is 0. The Morgan fingerprint density at radius 1 is 0.946 bits per heavy atom. The molecule has 3 nitrogen and oxygen atoms in total. The smallest absolute Gasteiger partial charge is 0.128 e. The van der Waals surface area contributed by atoms with Crippen LogP contribution in [0.3, 0.4) is 0 Å². The molecule has 0 radical (unpaired) electrons. The minimum Gasteiger partial charge on any atom is -1.00 e. The van der Waals surface area contributed by atoms with Crippen LogP contribution in [-0.2, 0) is 17.9 Å². The van der Waals surface area contributed by atoms with E-state index >= 15 is 0 Å². The summed E-state index contributed by atoms with van der Waals surface area (Å²) in [6.45, 7) is 14.1. The molecule has 3 aromatic carbocycles. The molecule has 1 saturated carbocycles. The highest BCUT2D eigenvalue weighted by Gasteiger charge is 2.78. The molecular formula is C33H42BrNO2. The van der Waals surface area contributed by atoms with E-state index in [1.165, 1.54) is 45.8 Å². The van der Waals surface area contributed by atoms with Gasteiger partial charge in [-0.3, -0.25) is 0 Å². The summed E-state index contributed by atoms with van der Waals surface area (Å²) in [6, 6.07) is 24.3. The Balaban J connectivity index is 0.00000280. The van der Waals surface area contributed by atoms with E-state index in [1.54, 1.807) is 7.11 Å². The lowest BCUT2D eigenvalue weighted by atomic mass is 9.72. The van der Waals surface area contributed by atoms with Gasteiger partial charge in [-0.05, 0) is 60.2 Å². The van der Waals surface area contributed by atoms with E-state index in [9.17, 15) is 0 Å². The van der Waals surface area contributed by atoms with Crippen LogP contribution in [-0.4, -0.2) is 35.8 Å². The van der Waals surface area contributed by atoms with Gasteiger partial charge in [-0.25, -0.2) is 0 Å². The molecule has 198 valence electrons. The van der Waals surface area contributed by atoms with E-state index in [2.05, 4.69) is 94.4 Å². The van der Waals surface area contributed by atoms with E-state index in [0.29, 0.717) is 18.4 Å². The number of hydrogen-bond acceptors (Lipinski definition) is 2. The van der Waals surface area contributed by atoms with Crippen molar-refractivity contribution in [1.29, 1.82) is 0 Å². The lowest BCUT2D eigenvalue weighted by molar-refractivity contribution is -0.968. The van der Waals surface area contributed by atoms with Gasteiger partial charge in [0.15, 0.2) is 0 Å². The molecule has 6 atom stereocenters. The van der Waals surface area contributed by atoms with Crippen LogP contribution in [0.4, 0.5) is 0 Å². The van der Waals surface area contributed by atoms with Crippen LogP contribution in [0.2, 0.25) is 0 Å². The normalized spacial score (nSPS) is 34.1. The Labute approximate surface area is 233 Å². The van der Waals surface area contributed by atoms with Gasteiger partial charge in [0, 0.05) is 23.3 Å². The van der Waals surface area contributed by atoms with Gasteiger partial charge >= 0.3 is 0 Å². The topological polar surface area (TPSA) is 18.5 Å². The van der Waals surface area contributed by atoms with E-state index in [1.807, 2.05) is 0 Å². The number of nitrogens with zero attached hydrogens (tertiary/aromatic N) is 1. The van der Waals surface area contributed by atoms with Crippen LogP contribution in [0, 0.1) is 23.7 Å². The third kappa shape index (κ3) is 3.97. The summed E-state index contributed by atoms with van der Waals surface area (Å²) in [7, 11) is 1.72. The van der Waals surface area contributed by atoms with E-state index in [4.69, 9.17) is 9.47 Å². The maximum absolute atomic E-state index is 7.16. The molecule has 2 aliphatic heterocycles. The van der Waals surface area contributed by atoms with Crippen molar-refractivity contribution < 1.29 is 30.9 Å². The van der Waals surface area contributed by atoms with Crippen molar-refractivity contribution in [2.75, 3.05) is 20.2 Å². The number of ether oxygens (including phenoxy) is 2. The highest BCUT2D eigenvalue weighted by atomic mass is 79.9. The minimum atomic E-state index is -0.0968. The summed E-state index contributed by atoms with van der Waals surface area (Å²) in [5.41, 5.74) is 2.88. The second-order valence-electron chi connectivity index (χ2n) is 12.5. The van der Waals surface area contributed by atoms with E-state index in [-0.39, 0.29) is 28.1 Å². The highest BCUT2D eigenvalue weighted by molar-refractivity contribution is 5.82. The lowest BCUT2D eigenvalue weighted by Gasteiger charge is -2.43. The van der Waals surface area contributed by atoms with Crippen LogP contribution in [0.5, 0.6) is 5.75 Å². The molecule has 0 N–H and O–H groups in total. The van der Waals surface area contributed by atoms with Crippen molar-refractivity contribution in [3.05, 3.63) is 77.9 Å². The fourth-order valence-electron chi connectivity index (χ4n) is 8.98. The monoisotopic (exact) mass is 563 g/mol. The van der Waals surface area contributed by atoms with Crippen LogP contribution >= 0.6 is 0 Å². The zero-order valence-corrected chi connectivity index (χ0v) is 24.6. The second-order valence-corrected chi connectivity index (χ2v) is 12.5. The molecule has 2 heterocycles. The molecule has 6 rings (SSSR count). The lowest BCUT2D eigenvalue weighted by Crippen LogP contribution is -3.00. The summed E-state index contributed by atoms with van der Waals surface area (Å²) in [4.78, 5) is 0. The summed E-state index contributed by atoms with van der Waals surface area (Å²) in [5.74, 6) is 3.53. The standard InChI is InChI=1S/C33H42NO2.BrH/c1-23(2)33(36-21-25-11-14-29(35-5)15-12-25)22-34(19-24(3)30-16-17-31(33)32(30,34)4)20-26-10-13-27-8-6-7-9-28(27)18-26;/h6-15,18,23-24,30-31H,16-17,19-22H2,1-5H3;1H/q+1;/p-1/t24-,30+,31+,32-,33+,34-;/m1./s1. The molecule has 4 heteroatoms. The molecule has 3 aliphatic rings. The van der Waals surface area contributed by atoms with Crippen molar-refractivity contribution in [3.63, 3.8) is 0 Å². The average molecular weight is 565 g/mol. The molecule has 0 unspecified atom stereocenters. The number of halogens is 1. The fourth-order valence-corrected chi connectivity index (χ4v) is 8.98. The van der Waals surface area contributed by atoms with Crippen molar-refractivity contribution in [3.8, 4) is 5.75 Å². The SMILES string of the molecule is COc1ccc(CO[C@]2(C(C)C)C[N@+]3(Cc4ccc5ccccc5c4)C[C@@H](C)[C@@H]4CC[C@H]2[C@@]43C)cc1.[Br-]. The molecule has 3 aromatic rings. The maximum Gasteiger partial charge on any atom is 0.128 e. The summed E-state index contributed by atoms with van der Waals surface area (Å²) in [6.07, 6.45) is 2.64. The predicted molar refractivity (Wildman–Crippen MR) is 147 cm³/mol. The largest absolute Gasteiger partial charge is 1.00 e. The zero-order chi connectivity index (χ0) is 25.1. The highest BCUT2D eigenvalue weighted by Crippen LogP contribution is 2.67. The number of quaternary nitrogens is 1. The summed E-state index contributed by atoms with van der Waals surface area (Å²) >= 11 is 0. The Kier molecular flexibility index (Phi) is 7.00. The summed E-state index contributed by atoms with van der Waals surface area (Å²) in [5, 5.41) is 2.69. The average Bonchev–Trinajstić information content (AvgIpc) is 3.42. The predicted octanol–water partition coefficient (Wildman–Crippen LogP) is 4.23. The Bertz CT molecular complexity index is 1260. The Morgan fingerprint density at radius 3 is 2.35 bits per heavy atom. The number of fused-ring (bicyclic) bond motifs is 1. The van der Waals surface area contributed by atoms with Gasteiger partial charge in [-0.2, -0.15) is 0 Å². The van der Waals surface area contributed by atoms with Crippen molar-refractivity contribution >= 4 is 10.8 Å². The van der Waals surface area contributed by atoms with Crippen molar-refractivity contribution in [2.24, 2.45) is 23.7 Å². The number of rotatable bonds is 7. The number of hydrogen-bond donors (Lipinski definition) is 0. The van der Waals surface area contributed by atoms with Gasteiger partial charge in [0.25, 0.3) is 0 Å². The molecule has 2 saturated heterocycles. The van der Waals surface area contributed by atoms with Crippen LogP contribution in [0.1, 0.15) is 51.7 Å². The van der Waals surface area contributed by atoms with Crippen LogP contribution < -0.4 is 21.7 Å². The summed E-state index contributed by atoms with van der Waals surface area (Å²) < 4.78 is 13.7. The van der Waals surface area contributed by atoms with Crippen molar-refractivity contribution in [1.82, 2.24) is 0 Å². The first-order chi connectivity index (χ1) is 17.3. The Morgan fingerprint density at radius 2 is 1.65 bits per heavy atom. The van der Waals surface area contributed by atoms with Crippen LogP contribution in [0.15, 0.2) is 66.7 Å². The molecule has 3 fully saturated rings. The van der Waals surface area contributed by atoms with Gasteiger partial charge in [-0.1, -0.05) is 69.3 Å². The van der Waals surface area contributed by atoms with Gasteiger partial charge in [0.1, 0.15) is 30.0 Å². The molecule has 0 amide bonds. The molecule has 37 heavy (non-hydrogen) atoms. The van der Waals surface area contributed by atoms with Crippen LogP contribution in [0.25, 0.3) is 10.8 Å². The van der Waals surface area contributed by atoms with Gasteiger partial charge in [-0.15, -0.1) is 0 Å². The number of methoxy groups -OCH3 is 1. The van der Waals surface area contributed by atoms with Gasteiger partial charge < -0.3 is 30.9 Å². The zero-order valence-electron chi connectivity index (χ0n) is 23.0. The third-order valence-electron chi connectivity index (χ3n) is 10.7. The molecule has 0 spiro atoms. The first-order valence-corrected chi connectivity index (χ1v) is 13.9. The molecular weight excluding hydrogens is 522 g/mol. The number of benzene rings is 3. The Hall–Kier alpha value is -1.88. The quantitative estimate of drug-likeness (QED) is 0.400. The van der Waals surface area contributed by atoms with E-state index in [0.717, 1.165) is 30.7 Å². The fraction of sp³-hybridized carbons (Fsp3) is 0.515. The molecule has 0 aromatic heterocycles. The van der Waals surface area contributed by atoms with E-state index < -0.39 is 0 Å².